The quantitative estimate of drug-likeness (QED) is 0.688. The Bertz CT molecular complexity index is 292. The number of rotatable bonds is 8. The van der Waals surface area contributed by atoms with Gasteiger partial charge in [0.15, 0.2) is 0 Å². The predicted octanol–water partition coefficient (Wildman–Crippen LogP) is 2.32. The average molecular weight is 224 g/mol. The molecule has 4 heteroatoms. The molecule has 0 aliphatic rings. The van der Waals surface area contributed by atoms with Crippen molar-refractivity contribution in [2.75, 3.05) is 32.7 Å². The van der Waals surface area contributed by atoms with Crippen molar-refractivity contribution in [3.63, 3.8) is 0 Å². The van der Waals surface area contributed by atoms with Crippen LogP contribution in [0.4, 0.5) is 5.69 Å². The number of anilines is 1. The molecule has 0 bridgehead atoms. The van der Waals surface area contributed by atoms with E-state index in [1.807, 2.05) is 12.1 Å². The van der Waals surface area contributed by atoms with Crippen molar-refractivity contribution < 1.29 is 9.47 Å². The molecule has 0 fully saturated rings. The highest BCUT2D eigenvalue weighted by Crippen LogP contribution is 2.13. The number of pyridine rings is 1. The van der Waals surface area contributed by atoms with Gasteiger partial charge in [-0.25, -0.2) is 4.98 Å². The molecule has 4 nitrogen and oxygen atoms in total. The van der Waals surface area contributed by atoms with Gasteiger partial charge in [-0.3, -0.25) is 0 Å². The smallest absolute Gasteiger partial charge is 0.214 e. The molecule has 0 spiro atoms. The van der Waals surface area contributed by atoms with Crippen LogP contribution in [-0.2, 0) is 4.74 Å². The van der Waals surface area contributed by atoms with Crippen molar-refractivity contribution in [2.45, 2.75) is 19.3 Å². The monoisotopic (exact) mass is 224 g/mol. The highest BCUT2D eigenvalue weighted by Gasteiger charge is 1.95. The molecule has 1 heterocycles. The first-order valence-corrected chi connectivity index (χ1v) is 5.59. The lowest BCUT2D eigenvalue weighted by molar-refractivity contribution is 0.192. The maximum absolute atomic E-state index is 5.05. The lowest BCUT2D eigenvalue weighted by Gasteiger charge is -2.07. The number of aromatic nitrogens is 1. The first-order valence-electron chi connectivity index (χ1n) is 5.59. The van der Waals surface area contributed by atoms with E-state index in [0.717, 1.165) is 31.7 Å². The third-order valence-electron chi connectivity index (χ3n) is 2.30. The molecular formula is C12H20N2O2. The van der Waals surface area contributed by atoms with Crippen molar-refractivity contribution in [1.82, 2.24) is 4.98 Å². The molecule has 1 aromatic rings. The van der Waals surface area contributed by atoms with E-state index in [1.54, 1.807) is 20.4 Å². The summed E-state index contributed by atoms with van der Waals surface area (Å²) < 4.78 is 10.0. The molecule has 0 amide bonds. The number of hydrogen-bond acceptors (Lipinski definition) is 4. The average Bonchev–Trinajstić information content (AvgIpc) is 2.34. The summed E-state index contributed by atoms with van der Waals surface area (Å²) in [5.41, 5.74) is 1.05. The Labute approximate surface area is 97.0 Å². The number of unbranched alkanes of at least 4 members (excludes halogenated alkanes) is 2. The highest BCUT2D eigenvalue weighted by atomic mass is 16.5. The topological polar surface area (TPSA) is 43.4 Å². The minimum absolute atomic E-state index is 0.643. The van der Waals surface area contributed by atoms with Gasteiger partial charge in [-0.05, 0) is 25.3 Å². The number of ether oxygens (including phenoxy) is 2. The van der Waals surface area contributed by atoms with Gasteiger partial charge in [-0.1, -0.05) is 0 Å². The summed E-state index contributed by atoms with van der Waals surface area (Å²) in [6.45, 7) is 1.82. The molecule has 0 radical (unpaired) electrons. The van der Waals surface area contributed by atoms with Gasteiger partial charge in [-0.15, -0.1) is 0 Å². The van der Waals surface area contributed by atoms with Gasteiger partial charge in [0.2, 0.25) is 5.88 Å². The van der Waals surface area contributed by atoms with E-state index in [-0.39, 0.29) is 0 Å². The van der Waals surface area contributed by atoms with E-state index in [2.05, 4.69) is 10.3 Å². The summed E-state index contributed by atoms with van der Waals surface area (Å²) in [7, 11) is 3.36. The van der Waals surface area contributed by atoms with Crippen LogP contribution in [0.1, 0.15) is 19.3 Å². The van der Waals surface area contributed by atoms with Crippen molar-refractivity contribution in [2.24, 2.45) is 0 Å². The minimum Gasteiger partial charge on any atom is -0.481 e. The zero-order valence-electron chi connectivity index (χ0n) is 10.0. The lowest BCUT2D eigenvalue weighted by atomic mass is 10.2. The standard InChI is InChI=1S/C12H20N2O2/c1-15-9-5-3-4-7-13-11-6-8-14-12(10-11)16-2/h6,8,10H,3-5,7,9H2,1-2H3,(H,13,14). The molecule has 0 atom stereocenters. The largest absolute Gasteiger partial charge is 0.481 e. The van der Waals surface area contributed by atoms with Crippen molar-refractivity contribution in [3.8, 4) is 5.88 Å². The Balaban J connectivity index is 2.16. The Morgan fingerprint density at radius 3 is 2.88 bits per heavy atom. The fourth-order valence-corrected chi connectivity index (χ4v) is 1.41. The number of nitrogens with zero attached hydrogens (tertiary/aromatic N) is 1. The first-order chi connectivity index (χ1) is 7.86. The lowest BCUT2D eigenvalue weighted by Crippen LogP contribution is -2.02. The van der Waals surface area contributed by atoms with E-state index >= 15 is 0 Å². The molecule has 1 N–H and O–H groups in total. The summed E-state index contributed by atoms with van der Waals surface area (Å²) in [4.78, 5) is 4.05. The van der Waals surface area contributed by atoms with Crippen molar-refractivity contribution in [3.05, 3.63) is 18.3 Å². The third kappa shape index (κ3) is 4.98. The molecule has 1 rings (SSSR count). The van der Waals surface area contributed by atoms with Crippen LogP contribution in [0.2, 0.25) is 0 Å². The molecule has 1 aromatic heterocycles. The summed E-state index contributed by atoms with van der Waals surface area (Å²) >= 11 is 0. The molecule has 0 aliphatic carbocycles. The maximum atomic E-state index is 5.05. The Morgan fingerprint density at radius 2 is 2.12 bits per heavy atom. The van der Waals surface area contributed by atoms with Crippen LogP contribution in [0.15, 0.2) is 18.3 Å². The van der Waals surface area contributed by atoms with Crippen LogP contribution < -0.4 is 10.1 Å². The fraction of sp³-hybridized carbons (Fsp3) is 0.583. The second-order valence-corrected chi connectivity index (χ2v) is 3.57. The number of methoxy groups -OCH3 is 2. The fourth-order valence-electron chi connectivity index (χ4n) is 1.41. The Hall–Kier alpha value is -1.29. The normalized spacial score (nSPS) is 10.1. The zero-order chi connectivity index (χ0) is 11.6. The zero-order valence-corrected chi connectivity index (χ0v) is 10.0. The second-order valence-electron chi connectivity index (χ2n) is 3.57. The maximum Gasteiger partial charge on any atom is 0.214 e. The molecule has 0 saturated carbocycles. The van der Waals surface area contributed by atoms with Crippen LogP contribution in [0.25, 0.3) is 0 Å². The minimum atomic E-state index is 0.643. The van der Waals surface area contributed by atoms with Gasteiger partial charge >= 0.3 is 0 Å². The second kappa shape index (κ2) is 7.93. The SMILES string of the molecule is COCCCCCNc1ccnc(OC)c1. The molecular weight excluding hydrogens is 204 g/mol. The molecule has 0 unspecified atom stereocenters. The van der Waals surface area contributed by atoms with Crippen molar-refractivity contribution >= 4 is 5.69 Å². The van der Waals surface area contributed by atoms with Gasteiger partial charge in [0.05, 0.1) is 7.11 Å². The predicted molar refractivity (Wildman–Crippen MR) is 65.0 cm³/mol. The van der Waals surface area contributed by atoms with Crippen LogP contribution in [0, 0.1) is 0 Å². The summed E-state index contributed by atoms with van der Waals surface area (Å²) in [6.07, 6.45) is 5.20. The summed E-state index contributed by atoms with van der Waals surface area (Å²) in [5, 5.41) is 3.34. The van der Waals surface area contributed by atoms with E-state index in [4.69, 9.17) is 9.47 Å². The molecule has 16 heavy (non-hydrogen) atoms. The van der Waals surface area contributed by atoms with Gasteiger partial charge in [0.25, 0.3) is 0 Å². The van der Waals surface area contributed by atoms with Gasteiger partial charge in [-0.2, -0.15) is 0 Å². The Kier molecular flexibility index (Phi) is 6.33. The molecule has 0 aliphatic heterocycles. The van der Waals surface area contributed by atoms with Crippen LogP contribution in [0.5, 0.6) is 5.88 Å². The van der Waals surface area contributed by atoms with Gasteiger partial charge < -0.3 is 14.8 Å². The van der Waals surface area contributed by atoms with Gasteiger partial charge in [0.1, 0.15) is 0 Å². The first kappa shape index (κ1) is 12.8. The van der Waals surface area contributed by atoms with E-state index in [1.165, 1.54) is 6.42 Å². The summed E-state index contributed by atoms with van der Waals surface area (Å²) in [5.74, 6) is 0.643. The van der Waals surface area contributed by atoms with Crippen LogP contribution in [-0.4, -0.2) is 32.4 Å². The van der Waals surface area contributed by atoms with Crippen LogP contribution in [0.3, 0.4) is 0 Å². The van der Waals surface area contributed by atoms with E-state index in [9.17, 15) is 0 Å². The highest BCUT2D eigenvalue weighted by molar-refractivity contribution is 5.44. The number of hydrogen-bond donors (Lipinski definition) is 1. The van der Waals surface area contributed by atoms with E-state index in [0.29, 0.717) is 5.88 Å². The van der Waals surface area contributed by atoms with Gasteiger partial charge in [0, 0.05) is 38.2 Å². The van der Waals surface area contributed by atoms with E-state index < -0.39 is 0 Å². The van der Waals surface area contributed by atoms with Crippen molar-refractivity contribution in [1.29, 1.82) is 0 Å². The molecule has 0 saturated heterocycles. The van der Waals surface area contributed by atoms with Crippen LogP contribution >= 0.6 is 0 Å². The Morgan fingerprint density at radius 1 is 1.25 bits per heavy atom. The third-order valence-corrected chi connectivity index (χ3v) is 2.30. The molecule has 90 valence electrons. The molecule has 0 aromatic carbocycles. The summed E-state index contributed by atoms with van der Waals surface area (Å²) in [6, 6.07) is 3.84. The number of nitrogens with one attached hydrogen (secondary N) is 1.